The number of benzene rings is 9. The lowest BCUT2D eigenvalue weighted by Crippen LogP contribution is -1.95. The third-order valence-electron chi connectivity index (χ3n) is 10.5. The van der Waals surface area contributed by atoms with Crippen LogP contribution in [0.15, 0.2) is 164 Å². The van der Waals surface area contributed by atoms with Gasteiger partial charge in [0.15, 0.2) is 0 Å². The predicted molar refractivity (Wildman–Crippen MR) is 201 cm³/mol. The molecule has 0 radical (unpaired) electrons. The van der Waals surface area contributed by atoms with Gasteiger partial charge in [-0.05, 0) is 89.3 Å². The second-order valence-electron chi connectivity index (χ2n) is 12.8. The van der Waals surface area contributed by atoms with E-state index in [4.69, 9.17) is 0 Å². The SMILES string of the molecule is c1ccc2c(c1)-c1cccc3ccc(-c4ccc(-n5c6ccccc6c6c7ccc8ccccc8c7c7ccccc7c65)cc4)c-2c13. The Morgan fingerprint density at radius 2 is 0.979 bits per heavy atom. The second kappa shape index (κ2) is 9.19. The molecule has 0 N–H and O–H groups in total. The lowest BCUT2D eigenvalue weighted by Gasteiger charge is -2.15. The summed E-state index contributed by atoms with van der Waals surface area (Å²) in [6.07, 6.45) is 0. The maximum Gasteiger partial charge on any atom is 0.0625 e. The summed E-state index contributed by atoms with van der Waals surface area (Å²) in [5, 5.41) is 13.0. The molecule has 1 heteroatoms. The molecule has 11 rings (SSSR count). The van der Waals surface area contributed by atoms with E-state index in [0.29, 0.717) is 0 Å². The van der Waals surface area contributed by atoms with Crippen molar-refractivity contribution in [1.82, 2.24) is 4.57 Å². The first kappa shape index (κ1) is 25.1. The van der Waals surface area contributed by atoms with Gasteiger partial charge < -0.3 is 4.57 Å². The normalized spacial score (nSPS) is 12.3. The fraction of sp³-hybridized carbons (Fsp3) is 0. The highest BCUT2D eigenvalue weighted by atomic mass is 15.0. The van der Waals surface area contributed by atoms with Crippen molar-refractivity contribution in [2.24, 2.45) is 0 Å². The van der Waals surface area contributed by atoms with Gasteiger partial charge in [0.1, 0.15) is 0 Å². The summed E-state index contributed by atoms with van der Waals surface area (Å²) in [6.45, 7) is 0. The molecular weight excluding hydrogens is 567 g/mol. The van der Waals surface area contributed by atoms with Crippen LogP contribution in [-0.4, -0.2) is 4.57 Å². The Balaban J connectivity index is 1.19. The molecule has 0 saturated heterocycles. The van der Waals surface area contributed by atoms with Crippen molar-refractivity contribution < 1.29 is 0 Å². The average molecular weight is 594 g/mol. The first-order valence-corrected chi connectivity index (χ1v) is 16.4. The Bertz CT molecular complexity index is 2940. The van der Waals surface area contributed by atoms with Gasteiger partial charge in [0.25, 0.3) is 0 Å². The maximum absolute atomic E-state index is 2.48. The van der Waals surface area contributed by atoms with Crippen LogP contribution >= 0.6 is 0 Å². The number of rotatable bonds is 2. The first-order valence-electron chi connectivity index (χ1n) is 16.4. The van der Waals surface area contributed by atoms with Crippen LogP contribution in [0.4, 0.5) is 0 Å². The lowest BCUT2D eigenvalue weighted by molar-refractivity contribution is 1.19. The molecule has 10 aromatic rings. The molecule has 1 aliphatic rings. The Morgan fingerprint density at radius 3 is 1.85 bits per heavy atom. The van der Waals surface area contributed by atoms with E-state index in [1.807, 2.05) is 0 Å². The zero-order chi connectivity index (χ0) is 30.6. The van der Waals surface area contributed by atoms with Gasteiger partial charge in [-0.3, -0.25) is 0 Å². The van der Waals surface area contributed by atoms with Crippen molar-refractivity contribution >= 4 is 64.9 Å². The van der Waals surface area contributed by atoms with Gasteiger partial charge >= 0.3 is 0 Å². The third kappa shape index (κ3) is 3.28. The van der Waals surface area contributed by atoms with E-state index in [-0.39, 0.29) is 0 Å². The molecule has 0 spiro atoms. The summed E-state index contributed by atoms with van der Waals surface area (Å²) in [5.74, 6) is 0. The summed E-state index contributed by atoms with van der Waals surface area (Å²) in [4.78, 5) is 0. The molecule has 0 amide bonds. The van der Waals surface area contributed by atoms with E-state index in [0.717, 1.165) is 0 Å². The molecule has 216 valence electrons. The van der Waals surface area contributed by atoms with Crippen LogP contribution in [0.5, 0.6) is 0 Å². The molecule has 0 atom stereocenters. The molecule has 1 heterocycles. The fourth-order valence-electron chi connectivity index (χ4n) is 8.56. The number of aromatic nitrogens is 1. The summed E-state index contributed by atoms with van der Waals surface area (Å²) in [6, 6.07) is 60.6. The van der Waals surface area contributed by atoms with Crippen molar-refractivity contribution in [3.8, 4) is 39.1 Å². The standard InChI is InChI=1S/C46H27N/c1-2-12-32-28(10-1)22-27-40-43(32)37-15-5-6-16-38(37)46-45(40)39-17-7-8-19-41(39)47(46)31-24-20-29(21-25-31)33-26-23-30-11-9-18-35-34-13-3-4-14-36(34)44(33)42(30)35/h1-27H. The molecule has 1 nitrogen and oxygen atoms in total. The summed E-state index contributed by atoms with van der Waals surface area (Å²) in [5.41, 5.74) is 11.5. The van der Waals surface area contributed by atoms with E-state index < -0.39 is 0 Å². The number of nitrogens with zero attached hydrogens (tertiary/aromatic N) is 1. The minimum Gasteiger partial charge on any atom is -0.309 e. The monoisotopic (exact) mass is 593 g/mol. The summed E-state index contributed by atoms with van der Waals surface area (Å²) >= 11 is 0. The molecule has 47 heavy (non-hydrogen) atoms. The Morgan fingerprint density at radius 1 is 0.319 bits per heavy atom. The molecule has 0 unspecified atom stereocenters. The van der Waals surface area contributed by atoms with Crippen LogP contribution in [0.3, 0.4) is 0 Å². The van der Waals surface area contributed by atoms with Crippen molar-refractivity contribution in [3.63, 3.8) is 0 Å². The minimum atomic E-state index is 1.17. The lowest BCUT2D eigenvalue weighted by atomic mass is 9.92. The van der Waals surface area contributed by atoms with Gasteiger partial charge in [0.2, 0.25) is 0 Å². The molecule has 0 fully saturated rings. The fourth-order valence-corrected chi connectivity index (χ4v) is 8.56. The highest BCUT2D eigenvalue weighted by molar-refractivity contribution is 6.36. The zero-order valence-electron chi connectivity index (χ0n) is 25.5. The van der Waals surface area contributed by atoms with Crippen molar-refractivity contribution in [3.05, 3.63) is 164 Å². The van der Waals surface area contributed by atoms with Crippen molar-refractivity contribution in [1.29, 1.82) is 0 Å². The van der Waals surface area contributed by atoms with Gasteiger partial charge in [-0.15, -0.1) is 0 Å². The molecule has 1 aliphatic carbocycles. The van der Waals surface area contributed by atoms with Crippen LogP contribution in [0, 0.1) is 0 Å². The van der Waals surface area contributed by atoms with Crippen LogP contribution < -0.4 is 0 Å². The molecule has 0 bridgehead atoms. The molecule has 9 aromatic carbocycles. The third-order valence-corrected chi connectivity index (χ3v) is 10.5. The van der Waals surface area contributed by atoms with Gasteiger partial charge in [0, 0.05) is 21.8 Å². The summed E-state index contributed by atoms with van der Waals surface area (Å²) in [7, 11) is 0. The number of fused-ring (bicyclic) bond motifs is 13. The van der Waals surface area contributed by atoms with E-state index >= 15 is 0 Å². The predicted octanol–water partition coefficient (Wildman–Crippen LogP) is 12.7. The largest absolute Gasteiger partial charge is 0.309 e. The highest BCUT2D eigenvalue weighted by Gasteiger charge is 2.24. The number of hydrogen-bond donors (Lipinski definition) is 0. The Hall–Kier alpha value is -6.18. The highest BCUT2D eigenvalue weighted by Crippen LogP contribution is 2.51. The second-order valence-corrected chi connectivity index (χ2v) is 12.8. The number of hydrogen-bond acceptors (Lipinski definition) is 0. The minimum absolute atomic E-state index is 1.17. The molecule has 1 aromatic heterocycles. The van der Waals surface area contributed by atoms with Gasteiger partial charge in [-0.25, -0.2) is 0 Å². The zero-order valence-corrected chi connectivity index (χ0v) is 25.5. The molecule has 0 aliphatic heterocycles. The van der Waals surface area contributed by atoms with Crippen LogP contribution in [0.1, 0.15) is 0 Å². The maximum atomic E-state index is 2.48. The summed E-state index contributed by atoms with van der Waals surface area (Å²) < 4.78 is 2.48. The van der Waals surface area contributed by atoms with Crippen LogP contribution in [0.2, 0.25) is 0 Å². The number of para-hydroxylation sites is 1. The van der Waals surface area contributed by atoms with Crippen molar-refractivity contribution in [2.75, 3.05) is 0 Å². The van der Waals surface area contributed by atoms with Crippen molar-refractivity contribution in [2.45, 2.75) is 0 Å². The average Bonchev–Trinajstić information content (AvgIpc) is 3.67. The molecular formula is C46H27N. The Kier molecular flexibility index (Phi) is 4.90. The van der Waals surface area contributed by atoms with E-state index in [1.165, 1.54) is 104 Å². The van der Waals surface area contributed by atoms with Gasteiger partial charge in [-0.1, -0.05) is 146 Å². The Labute approximate surface area is 271 Å². The van der Waals surface area contributed by atoms with Gasteiger partial charge in [0.05, 0.1) is 11.0 Å². The van der Waals surface area contributed by atoms with Gasteiger partial charge in [-0.2, -0.15) is 0 Å². The topological polar surface area (TPSA) is 4.93 Å². The first-order chi connectivity index (χ1) is 23.3. The van der Waals surface area contributed by atoms with E-state index in [1.54, 1.807) is 0 Å². The van der Waals surface area contributed by atoms with E-state index in [9.17, 15) is 0 Å². The quantitative estimate of drug-likeness (QED) is 0.176. The smallest absolute Gasteiger partial charge is 0.0625 e. The van der Waals surface area contributed by atoms with E-state index in [2.05, 4.69) is 168 Å². The van der Waals surface area contributed by atoms with Crippen LogP contribution in [-0.2, 0) is 0 Å². The van der Waals surface area contributed by atoms with Crippen LogP contribution in [0.25, 0.3) is 104 Å². The molecule has 0 saturated carbocycles.